The fourth-order valence-electron chi connectivity index (χ4n) is 1.42. The standard InChI is InChI=1S/C12H11BrN2O/c1-8-5-10(6-9(2)12(8)13)16-11-7-14-3-4-15-11/h3-7H,1-2H3. The number of aromatic nitrogens is 2. The minimum absolute atomic E-state index is 0.503. The van der Waals surface area contributed by atoms with Crippen LogP contribution in [0.4, 0.5) is 0 Å². The summed E-state index contributed by atoms with van der Waals surface area (Å²) >= 11 is 3.52. The first kappa shape index (κ1) is 11.1. The molecule has 4 heteroatoms. The van der Waals surface area contributed by atoms with E-state index in [0.29, 0.717) is 5.88 Å². The van der Waals surface area contributed by atoms with Crippen molar-refractivity contribution >= 4 is 15.9 Å². The van der Waals surface area contributed by atoms with E-state index in [4.69, 9.17) is 4.74 Å². The van der Waals surface area contributed by atoms with Gasteiger partial charge in [0, 0.05) is 16.9 Å². The molecule has 1 heterocycles. The first-order valence-electron chi connectivity index (χ1n) is 4.87. The molecule has 2 rings (SSSR count). The lowest BCUT2D eigenvalue weighted by molar-refractivity contribution is 0.459. The predicted molar refractivity (Wildman–Crippen MR) is 65.7 cm³/mol. The van der Waals surface area contributed by atoms with Crippen LogP contribution in [0.15, 0.2) is 35.2 Å². The topological polar surface area (TPSA) is 35.0 Å². The van der Waals surface area contributed by atoms with E-state index in [1.54, 1.807) is 18.6 Å². The fourth-order valence-corrected chi connectivity index (χ4v) is 1.65. The highest BCUT2D eigenvalue weighted by Crippen LogP contribution is 2.28. The molecule has 1 aromatic carbocycles. The highest BCUT2D eigenvalue weighted by Gasteiger charge is 2.04. The second-order valence-electron chi connectivity index (χ2n) is 3.52. The average Bonchev–Trinajstić information content (AvgIpc) is 2.27. The number of ether oxygens (including phenoxy) is 1. The van der Waals surface area contributed by atoms with Gasteiger partial charge < -0.3 is 4.74 Å². The molecule has 0 atom stereocenters. The van der Waals surface area contributed by atoms with Gasteiger partial charge in [-0.05, 0) is 37.1 Å². The molecular formula is C12H11BrN2O. The Morgan fingerprint density at radius 3 is 2.38 bits per heavy atom. The monoisotopic (exact) mass is 278 g/mol. The number of benzene rings is 1. The van der Waals surface area contributed by atoms with Gasteiger partial charge in [-0.3, -0.25) is 4.98 Å². The van der Waals surface area contributed by atoms with E-state index < -0.39 is 0 Å². The van der Waals surface area contributed by atoms with Crippen molar-refractivity contribution in [1.82, 2.24) is 9.97 Å². The Bertz CT molecular complexity index is 477. The van der Waals surface area contributed by atoms with Gasteiger partial charge in [-0.2, -0.15) is 0 Å². The summed E-state index contributed by atoms with van der Waals surface area (Å²) < 4.78 is 6.71. The molecule has 3 nitrogen and oxygen atoms in total. The van der Waals surface area contributed by atoms with Crippen LogP contribution in [0.3, 0.4) is 0 Å². The highest BCUT2D eigenvalue weighted by molar-refractivity contribution is 9.10. The Kier molecular flexibility index (Phi) is 3.19. The van der Waals surface area contributed by atoms with Gasteiger partial charge in [0.05, 0.1) is 6.20 Å². The average molecular weight is 279 g/mol. The van der Waals surface area contributed by atoms with E-state index >= 15 is 0 Å². The molecule has 0 fully saturated rings. The van der Waals surface area contributed by atoms with E-state index in [1.165, 1.54) is 0 Å². The van der Waals surface area contributed by atoms with Crippen molar-refractivity contribution in [1.29, 1.82) is 0 Å². The number of nitrogens with zero attached hydrogens (tertiary/aromatic N) is 2. The van der Waals surface area contributed by atoms with E-state index in [-0.39, 0.29) is 0 Å². The Morgan fingerprint density at radius 1 is 1.12 bits per heavy atom. The van der Waals surface area contributed by atoms with Crippen molar-refractivity contribution in [2.75, 3.05) is 0 Å². The highest BCUT2D eigenvalue weighted by atomic mass is 79.9. The van der Waals surface area contributed by atoms with Crippen LogP contribution in [0.25, 0.3) is 0 Å². The molecule has 0 saturated carbocycles. The second kappa shape index (κ2) is 4.61. The molecule has 0 aliphatic carbocycles. The summed E-state index contributed by atoms with van der Waals surface area (Å²) in [5, 5.41) is 0. The smallest absolute Gasteiger partial charge is 0.237 e. The van der Waals surface area contributed by atoms with E-state index in [2.05, 4.69) is 25.9 Å². The van der Waals surface area contributed by atoms with Crippen molar-refractivity contribution in [3.8, 4) is 11.6 Å². The number of hydrogen-bond acceptors (Lipinski definition) is 3. The predicted octanol–water partition coefficient (Wildman–Crippen LogP) is 3.65. The first-order chi connectivity index (χ1) is 7.66. The normalized spacial score (nSPS) is 10.2. The summed E-state index contributed by atoms with van der Waals surface area (Å²) in [4.78, 5) is 8.01. The fraction of sp³-hybridized carbons (Fsp3) is 0.167. The van der Waals surface area contributed by atoms with Crippen molar-refractivity contribution in [3.05, 3.63) is 46.3 Å². The van der Waals surface area contributed by atoms with Crippen molar-refractivity contribution < 1.29 is 4.74 Å². The molecule has 0 unspecified atom stereocenters. The first-order valence-corrected chi connectivity index (χ1v) is 5.67. The van der Waals surface area contributed by atoms with E-state index in [9.17, 15) is 0 Å². The molecule has 0 radical (unpaired) electrons. The Hall–Kier alpha value is -1.42. The molecule has 0 amide bonds. The third kappa shape index (κ3) is 2.39. The zero-order valence-electron chi connectivity index (χ0n) is 9.07. The van der Waals surface area contributed by atoms with Gasteiger partial charge >= 0.3 is 0 Å². The van der Waals surface area contributed by atoms with Crippen molar-refractivity contribution in [2.45, 2.75) is 13.8 Å². The lowest BCUT2D eigenvalue weighted by Gasteiger charge is -2.08. The number of rotatable bonds is 2. The molecule has 2 aromatic rings. The minimum atomic E-state index is 0.503. The number of aryl methyl sites for hydroxylation is 2. The van der Waals surface area contributed by atoms with Gasteiger partial charge in [-0.15, -0.1) is 0 Å². The Labute approximate surface area is 103 Å². The largest absolute Gasteiger partial charge is 0.437 e. The van der Waals surface area contributed by atoms with Gasteiger partial charge in [0.15, 0.2) is 0 Å². The minimum Gasteiger partial charge on any atom is -0.437 e. The molecule has 0 aliphatic heterocycles. The molecule has 0 saturated heterocycles. The second-order valence-corrected chi connectivity index (χ2v) is 4.31. The Balaban J connectivity index is 2.29. The molecule has 0 bridgehead atoms. The Morgan fingerprint density at radius 2 is 1.81 bits per heavy atom. The molecule has 1 aromatic heterocycles. The maximum atomic E-state index is 5.60. The van der Waals surface area contributed by atoms with Gasteiger partial charge in [-0.1, -0.05) is 15.9 Å². The summed E-state index contributed by atoms with van der Waals surface area (Å²) in [7, 11) is 0. The van der Waals surface area contributed by atoms with Crippen LogP contribution in [-0.2, 0) is 0 Å². The number of hydrogen-bond donors (Lipinski definition) is 0. The van der Waals surface area contributed by atoms with Gasteiger partial charge in [0.2, 0.25) is 5.88 Å². The van der Waals surface area contributed by atoms with Crippen LogP contribution >= 0.6 is 15.9 Å². The number of halogens is 1. The molecule has 82 valence electrons. The quantitative estimate of drug-likeness (QED) is 0.841. The summed E-state index contributed by atoms with van der Waals surface area (Å²) in [6.45, 7) is 4.06. The molecule has 0 N–H and O–H groups in total. The third-order valence-electron chi connectivity index (χ3n) is 2.17. The van der Waals surface area contributed by atoms with Crippen LogP contribution in [0.2, 0.25) is 0 Å². The molecule has 16 heavy (non-hydrogen) atoms. The third-order valence-corrected chi connectivity index (χ3v) is 3.42. The summed E-state index contributed by atoms with van der Waals surface area (Å²) in [6, 6.07) is 3.93. The van der Waals surface area contributed by atoms with Crippen LogP contribution in [0.5, 0.6) is 11.6 Å². The van der Waals surface area contributed by atoms with Crippen LogP contribution in [0.1, 0.15) is 11.1 Å². The van der Waals surface area contributed by atoms with Crippen LogP contribution in [-0.4, -0.2) is 9.97 Å². The zero-order chi connectivity index (χ0) is 11.5. The molecule has 0 spiro atoms. The maximum absolute atomic E-state index is 5.60. The molecule has 0 aliphatic rings. The van der Waals surface area contributed by atoms with Crippen molar-refractivity contribution in [3.63, 3.8) is 0 Å². The van der Waals surface area contributed by atoms with E-state index in [0.717, 1.165) is 21.3 Å². The summed E-state index contributed by atoms with van der Waals surface area (Å²) in [6.07, 6.45) is 4.81. The lowest BCUT2D eigenvalue weighted by atomic mass is 10.1. The SMILES string of the molecule is Cc1cc(Oc2cnccn2)cc(C)c1Br. The van der Waals surface area contributed by atoms with E-state index in [1.807, 2.05) is 26.0 Å². The van der Waals surface area contributed by atoms with Gasteiger partial charge in [-0.25, -0.2) is 4.98 Å². The maximum Gasteiger partial charge on any atom is 0.237 e. The molecular weight excluding hydrogens is 268 g/mol. The van der Waals surface area contributed by atoms with Crippen molar-refractivity contribution in [2.24, 2.45) is 0 Å². The van der Waals surface area contributed by atoms with Gasteiger partial charge in [0.1, 0.15) is 5.75 Å². The summed E-state index contributed by atoms with van der Waals surface area (Å²) in [5.41, 5.74) is 2.28. The van der Waals surface area contributed by atoms with Crippen LogP contribution in [0, 0.1) is 13.8 Å². The zero-order valence-corrected chi connectivity index (χ0v) is 10.7. The van der Waals surface area contributed by atoms with Crippen LogP contribution < -0.4 is 4.74 Å². The lowest BCUT2D eigenvalue weighted by Crippen LogP contribution is -1.90. The van der Waals surface area contributed by atoms with Gasteiger partial charge in [0.25, 0.3) is 0 Å². The summed E-state index contributed by atoms with van der Waals surface area (Å²) in [5.74, 6) is 1.28.